The fourth-order valence-electron chi connectivity index (χ4n) is 2.31. The quantitative estimate of drug-likeness (QED) is 0.364. The predicted molar refractivity (Wildman–Crippen MR) is 122 cm³/mol. The number of aromatic nitrogens is 2. The van der Waals surface area contributed by atoms with Crippen LogP contribution in [0.2, 0.25) is 20.1 Å². The number of nitrogens with zero attached hydrogens (tertiary/aromatic N) is 2. The maximum Gasteiger partial charge on any atom is 0.265 e. The van der Waals surface area contributed by atoms with Crippen LogP contribution in [0.25, 0.3) is 0 Å². The number of halogens is 4. The molecule has 2 aromatic carbocycles. The van der Waals surface area contributed by atoms with Crippen molar-refractivity contribution in [2.45, 2.75) is 18.2 Å². The van der Waals surface area contributed by atoms with Gasteiger partial charge >= 0.3 is 0 Å². The molecule has 1 N–H and O–H groups in total. The average molecular weight is 523 g/mol. The van der Waals surface area contributed by atoms with Crippen LogP contribution in [0.4, 0.5) is 5.95 Å². The minimum Gasteiger partial charge on any atom is -0.475 e. The van der Waals surface area contributed by atoms with E-state index in [-0.39, 0.29) is 27.5 Å². The van der Waals surface area contributed by atoms with Crippen molar-refractivity contribution in [3.63, 3.8) is 0 Å². The van der Waals surface area contributed by atoms with Crippen molar-refractivity contribution < 1.29 is 17.9 Å². The summed E-state index contributed by atoms with van der Waals surface area (Å²) in [6.45, 7) is 2.23. The summed E-state index contributed by atoms with van der Waals surface area (Å²) in [5, 5.41) is 0.944. The van der Waals surface area contributed by atoms with Gasteiger partial charge in [0.1, 0.15) is 10.6 Å². The van der Waals surface area contributed by atoms with Gasteiger partial charge in [0.15, 0.2) is 0 Å². The Labute approximate surface area is 199 Å². The van der Waals surface area contributed by atoms with Crippen molar-refractivity contribution in [2.75, 3.05) is 11.3 Å². The maximum atomic E-state index is 12.7. The van der Waals surface area contributed by atoms with Crippen molar-refractivity contribution >= 4 is 62.4 Å². The summed E-state index contributed by atoms with van der Waals surface area (Å²) in [6, 6.07) is 8.72. The Hall–Kier alpha value is -1.97. The van der Waals surface area contributed by atoms with Crippen LogP contribution in [-0.2, 0) is 10.0 Å². The summed E-state index contributed by atoms with van der Waals surface area (Å²) in [5.41, 5.74) is 0. The summed E-state index contributed by atoms with van der Waals surface area (Å²) >= 11 is 23.8. The molecule has 0 amide bonds. The lowest BCUT2D eigenvalue weighted by Gasteiger charge is -2.13. The highest BCUT2D eigenvalue weighted by atomic mass is 35.5. The highest BCUT2D eigenvalue weighted by Crippen LogP contribution is 2.34. The Balaban J connectivity index is 1.90. The van der Waals surface area contributed by atoms with Crippen LogP contribution in [0.5, 0.6) is 17.4 Å². The van der Waals surface area contributed by atoms with Gasteiger partial charge in [-0.2, -0.15) is 4.98 Å². The van der Waals surface area contributed by atoms with E-state index in [0.717, 1.165) is 0 Å². The van der Waals surface area contributed by atoms with E-state index in [9.17, 15) is 8.42 Å². The van der Waals surface area contributed by atoms with Gasteiger partial charge < -0.3 is 9.47 Å². The van der Waals surface area contributed by atoms with Crippen molar-refractivity contribution in [3.05, 3.63) is 62.7 Å². The summed E-state index contributed by atoms with van der Waals surface area (Å²) in [7, 11) is -4.07. The van der Waals surface area contributed by atoms with Crippen molar-refractivity contribution in [2.24, 2.45) is 0 Å². The van der Waals surface area contributed by atoms with E-state index in [1.807, 2.05) is 6.92 Å². The second-order valence-corrected chi connectivity index (χ2v) is 9.38. The van der Waals surface area contributed by atoms with Crippen LogP contribution < -0.4 is 14.2 Å². The van der Waals surface area contributed by atoms with E-state index in [1.165, 1.54) is 30.5 Å². The third-order valence-electron chi connectivity index (χ3n) is 3.69. The van der Waals surface area contributed by atoms with Crippen LogP contribution in [0.3, 0.4) is 0 Å². The molecule has 0 unspecified atom stereocenters. The molecule has 0 spiro atoms. The largest absolute Gasteiger partial charge is 0.475 e. The fourth-order valence-corrected chi connectivity index (χ4v) is 4.32. The molecule has 3 rings (SSSR count). The van der Waals surface area contributed by atoms with E-state index >= 15 is 0 Å². The number of benzene rings is 2. The first kappa shape index (κ1) is 23.7. The zero-order valence-electron chi connectivity index (χ0n) is 15.9. The van der Waals surface area contributed by atoms with E-state index in [0.29, 0.717) is 33.8 Å². The monoisotopic (exact) mass is 521 g/mol. The number of rotatable bonds is 8. The van der Waals surface area contributed by atoms with Crippen molar-refractivity contribution in [1.82, 2.24) is 9.97 Å². The first-order valence-corrected chi connectivity index (χ1v) is 11.8. The number of hydrogen-bond acceptors (Lipinski definition) is 6. The lowest BCUT2D eigenvalue weighted by atomic mass is 10.3. The van der Waals surface area contributed by atoms with Gasteiger partial charge in [0.2, 0.25) is 11.7 Å². The highest BCUT2D eigenvalue weighted by molar-refractivity contribution is 7.92. The molecule has 3 aromatic rings. The molecule has 0 bridgehead atoms. The molecule has 0 aliphatic rings. The third kappa shape index (κ3) is 6.05. The van der Waals surface area contributed by atoms with E-state index < -0.39 is 10.0 Å². The zero-order chi connectivity index (χ0) is 22.6. The molecule has 0 saturated carbocycles. The molecule has 0 aliphatic heterocycles. The normalized spacial score (nSPS) is 11.3. The van der Waals surface area contributed by atoms with E-state index in [1.54, 1.807) is 12.1 Å². The Kier molecular flexibility index (Phi) is 7.72. The smallest absolute Gasteiger partial charge is 0.265 e. The summed E-state index contributed by atoms with van der Waals surface area (Å²) in [5.74, 6) is 0.362. The molecule has 0 atom stereocenters. The van der Waals surface area contributed by atoms with Gasteiger partial charge in [-0.25, -0.2) is 18.1 Å². The van der Waals surface area contributed by atoms with E-state index in [4.69, 9.17) is 55.9 Å². The topological polar surface area (TPSA) is 90.4 Å². The molecule has 0 aliphatic carbocycles. The zero-order valence-corrected chi connectivity index (χ0v) is 19.7. The van der Waals surface area contributed by atoms with E-state index in [2.05, 4.69) is 14.7 Å². The average Bonchev–Trinajstić information content (AvgIpc) is 2.70. The van der Waals surface area contributed by atoms with Crippen LogP contribution in [0, 0.1) is 0 Å². The minimum atomic E-state index is -4.07. The van der Waals surface area contributed by atoms with Gasteiger partial charge in [0, 0.05) is 11.1 Å². The maximum absolute atomic E-state index is 12.7. The number of anilines is 1. The molecule has 7 nitrogen and oxygen atoms in total. The SMILES string of the molecule is CCCOc1nc(NS(=O)(=O)c2ccc(Cl)cc2Cl)ncc1Oc1ccc(Cl)c(Cl)c1. The molecule has 31 heavy (non-hydrogen) atoms. The number of hydrogen-bond donors (Lipinski definition) is 1. The Morgan fingerprint density at radius 1 is 1.00 bits per heavy atom. The van der Waals surface area contributed by atoms with Gasteiger partial charge in [-0.15, -0.1) is 0 Å². The number of nitrogens with one attached hydrogen (secondary N) is 1. The first-order valence-electron chi connectivity index (χ1n) is 8.80. The van der Waals surface area contributed by atoms with Gasteiger partial charge in [0.25, 0.3) is 15.9 Å². The Bertz CT molecular complexity index is 1210. The molecule has 0 radical (unpaired) electrons. The molecule has 0 saturated heterocycles. The van der Waals surface area contributed by atoms with Crippen molar-refractivity contribution in [1.29, 1.82) is 0 Å². The van der Waals surface area contributed by atoms with Crippen LogP contribution in [-0.4, -0.2) is 25.0 Å². The summed E-state index contributed by atoms with van der Waals surface area (Å²) in [6.07, 6.45) is 1.97. The molecule has 0 fully saturated rings. The molecular weight excluding hydrogens is 508 g/mol. The molecule has 1 heterocycles. The molecule has 12 heteroatoms. The number of sulfonamides is 1. The lowest BCUT2D eigenvalue weighted by molar-refractivity contribution is 0.289. The van der Waals surface area contributed by atoms with Gasteiger partial charge in [-0.05, 0) is 36.8 Å². The summed E-state index contributed by atoms with van der Waals surface area (Å²) < 4.78 is 39.0. The predicted octanol–water partition coefficient (Wildman–Crippen LogP) is 6.47. The molecule has 164 valence electrons. The third-order valence-corrected chi connectivity index (χ3v) is 6.48. The van der Waals surface area contributed by atoms with Crippen molar-refractivity contribution in [3.8, 4) is 17.4 Å². The Morgan fingerprint density at radius 3 is 2.45 bits per heavy atom. The van der Waals surface area contributed by atoms with Gasteiger partial charge in [-0.1, -0.05) is 53.3 Å². The van der Waals surface area contributed by atoms with Gasteiger partial charge in [-0.3, -0.25) is 0 Å². The minimum absolute atomic E-state index is 0.0398. The number of ether oxygens (including phenoxy) is 2. The Morgan fingerprint density at radius 2 is 1.77 bits per heavy atom. The highest BCUT2D eigenvalue weighted by Gasteiger charge is 2.21. The van der Waals surface area contributed by atoms with Crippen LogP contribution >= 0.6 is 46.4 Å². The van der Waals surface area contributed by atoms with Gasteiger partial charge in [0.05, 0.1) is 27.9 Å². The summed E-state index contributed by atoms with van der Waals surface area (Å²) in [4.78, 5) is 7.96. The standard InChI is InChI=1S/C19H15Cl4N3O4S/c1-2-7-29-18-16(30-12-4-5-13(21)14(22)9-12)10-24-19(25-18)26-31(27,28)17-6-3-11(20)8-15(17)23/h3-6,8-10H,2,7H2,1H3,(H,24,25,26). The lowest BCUT2D eigenvalue weighted by Crippen LogP contribution is -2.16. The van der Waals surface area contributed by atoms with Crippen LogP contribution in [0.1, 0.15) is 13.3 Å². The fraction of sp³-hybridized carbons (Fsp3) is 0.158. The second-order valence-electron chi connectivity index (χ2n) is 6.07. The first-order chi connectivity index (χ1) is 14.7. The van der Waals surface area contributed by atoms with Crippen LogP contribution in [0.15, 0.2) is 47.5 Å². The molecular formula is C19H15Cl4N3O4S. The molecule has 1 aromatic heterocycles. The second kappa shape index (κ2) is 10.1.